The summed E-state index contributed by atoms with van der Waals surface area (Å²) in [5, 5.41) is 2.91. The molecule has 4 heteroatoms. The second-order valence-corrected chi connectivity index (χ2v) is 6.07. The maximum absolute atomic E-state index is 11.1. The molecule has 0 aliphatic carbocycles. The number of nitrogens with zero attached hydrogens (tertiary/aromatic N) is 1. The van der Waals surface area contributed by atoms with E-state index in [9.17, 15) is 4.79 Å². The third-order valence-corrected chi connectivity index (χ3v) is 4.68. The highest BCUT2D eigenvalue weighted by Gasteiger charge is 2.38. The Morgan fingerprint density at radius 2 is 1.85 bits per heavy atom. The Hall–Kier alpha value is -1.55. The molecule has 1 aromatic carbocycles. The van der Waals surface area contributed by atoms with Gasteiger partial charge in [-0.15, -0.1) is 0 Å². The largest absolute Gasteiger partial charge is 0.352 e. The van der Waals surface area contributed by atoms with Gasteiger partial charge in [0.2, 0.25) is 0 Å². The number of fused-ring (bicyclic) bond motifs is 2. The highest BCUT2D eigenvalue weighted by Crippen LogP contribution is 2.35. The van der Waals surface area contributed by atoms with E-state index in [-0.39, 0.29) is 12.1 Å². The molecule has 2 unspecified atom stereocenters. The van der Waals surface area contributed by atoms with Crippen LogP contribution >= 0.6 is 0 Å². The second-order valence-electron chi connectivity index (χ2n) is 6.07. The third kappa shape index (κ3) is 2.96. The van der Waals surface area contributed by atoms with Gasteiger partial charge in [-0.3, -0.25) is 4.90 Å². The van der Waals surface area contributed by atoms with E-state index in [4.69, 9.17) is 5.73 Å². The average molecular weight is 273 g/mol. The molecule has 20 heavy (non-hydrogen) atoms. The molecule has 0 spiro atoms. The van der Waals surface area contributed by atoms with Gasteiger partial charge in [-0.05, 0) is 31.2 Å². The SMILES string of the molecule is NC(=O)NC1CC2CCCC(C1)N2Cc1ccccc1. The first kappa shape index (κ1) is 13.4. The van der Waals surface area contributed by atoms with Gasteiger partial charge in [-0.2, -0.15) is 0 Å². The Morgan fingerprint density at radius 3 is 2.45 bits per heavy atom. The van der Waals surface area contributed by atoms with E-state index in [1.807, 2.05) is 0 Å². The van der Waals surface area contributed by atoms with Crippen LogP contribution < -0.4 is 11.1 Å². The van der Waals surface area contributed by atoms with Gasteiger partial charge in [0.1, 0.15) is 0 Å². The Labute approximate surface area is 120 Å². The maximum Gasteiger partial charge on any atom is 0.312 e. The molecule has 4 nitrogen and oxygen atoms in total. The van der Waals surface area contributed by atoms with Crippen LogP contribution in [0, 0.1) is 0 Å². The first-order valence-electron chi connectivity index (χ1n) is 7.58. The summed E-state index contributed by atoms with van der Waals surface area (Å²) in [5.74, 6) is 0. The van der Waals surface area contributed by atoms with Crippen molar-refractivity contribution in [3.63, 3.8) is 0 Å². The van der Waals surface area contributed by atoms with Crippen molar-refractivity contribution >= 4 is 6.03 Å². The van der Waals surface area contributed by atoms with Gasteiger partial charge in [-0.1, -0.05) is 36.8 Å². The van der Waals surface area contributed by atoms with Crippen LogP contribution in [0.2, 0.25) is 0 Å². The topological polar surface area (TPSA) is 58.4 Å². The Kier molecular flexibility index (Phi) is 3.92. The maximum atomic E-state index is 11.1. The number of hydrogen-bond acceptors (Lipinski definition) is 2. The number of carbonyl (C=O) groups is 1. The average Bonchev–Trinajstić information content (AvgIpc) is 2.40. The summed E-state index contributed by atoms with van der Waals surface area (Å²) in [6.45, 7) is 1.03. The van der Waals surface area contributed by atoms with Crippen molar-refractivity contribution in [2.75, 3.05) is 0 Å². The van der Waals surface area contributed by atoms with Gasteiger partial charge in [0.25, 0.3) is 0 Å². The molecule has 0 saturated carbocycles. The molecule has 0 radical (unpaired) electrons. The van der Waals surface area contributed by atoms with Gasteiger partial charge in [0.05, 0.1) is 0 Å². The van der Waals surface area contributed by atoms with Gasteiger partial charge in [0.15, 0.2) is 0 Å². The van der Waals surface area contributed by atoms with Crippen LogP contribution in [0.25, 0.3) is 0 Å². The first-order valence-corrected chi connectivity index (χ1v) is 7.58. The van der Waals surface area contributed by atoms with Gasteiger partial charge < -0.3 is 11.1 Å². The Morgan fingerprint density at radius 1 is 1.20 bits per heavy atom. The molecule has 2 amide bonds. The zero-order chi connectivity index (χ0) is 13.9. The molecule has 2 bridgehead atoms. The summed E-state index contributed by atoms with van der Waals surface area (Å²) in [6, 6.07) is 11.7. The smallest absolute Gasteiger partial charge is 0.312 e. The number of piperidine rings is 2. The van der Waals surface area contributed by atoms with E-state index < -0.39 is 0 Å². The molecule has 2 saturated heterocycles. The molecule has 2 aliphatic rings. The molecule has 3 rings (SSSR count). The van der Waals surface area contributed by atoms with Gasteiger partial charge in [0, 0.05) is 24.7 Å². The van der Waals surface area contributed by atoms with Crippen LogP contribution in [0.5, 0.6) is 0 Å². The number of nitrogens with one attached hydrogen (secondary N) is 1. The molecule has 108 valence electrons. The number of urea groups is 1. The minimum absolute atomic E-state index is 0.259. The standard InChI is InChI=1S/C16H23N3O/c17-16(20)18-13-9-14-7-4-8-15(10-13)19(14)11-12-5-2-1-3-6-12/h1-3,5-6,13-15H,4,7-11H2,(H3,17,18,20). The highest BCUT2D eigenvalue weighted by molar-refractivity contribution is 5.72. The summed E-state index contributed by atoms with van der Waals surface area (Å²) in [7, 11) is 0. The van der Waals surface area contributed by atoms with E-state index in [0.717, 1.165) is 19.4 Å². The number of carbonyl (C=O) groups excluding carboxylic acids is 1. The molecule has 2 atom stereocenters. The second kappa shape index (κ2) is 5.83. The van der Waals surface area contributed by atoms with Crippen molar-refractivity contribution < 1.29 is 4.79 Å². The molecule has 0 aromatic heterocycles. The normalized spacial score (nSPS) is 29.9. The summed E-state index contributed by atoms with van der Waals surface area (Å²) < 4.78 is 0. The first-order chi connectivity index (χ1) is 9.72. The quantitative estimate of drug-likeness (QED) is 0.887. The number of primary amides is 1. The molecular weight excluding hydrogens is 250 g/mol. The lowest BCUT2D eigenvalue weighted by molar-refractivity contribution is 0.0199. The lowest BCUT2D eigenvalue weighted by Crippen LogP contribution is -2.57. The Bertz CT molecular complexity index is 448. The van der Waals surface area contributed by atoms with Crippen molar-refractivity contribution in [3.05, 3.63) is 35.9 Å². The highest BCUT2D eigenvalue weighted by atomic mass is 16.2. The molecule has 2 fully saturated rings. The molecule has 2 heterocycles. The van der Waals surface area contributed by atoms with Crippen LogP contribution in [-0.4, -0.2) is 29.1 Å². The van der Waals surface area contributed by atoms with Crippen molar-refractivity contribution in [3.8, 4) is 0 Å². The van der Waals surface area contributed by atoms with Crippen molar-refractivity contribution in [2.45, 2.75) is 56.8 Å². The summed E-state index contributed by atoms with van der Waals surface area (Å²) in [6.07, 6.45) is 5.85. The van der Waals surface area contributed by atoms with E-state index >= 15 is 0 Å². The number of rotatable bonds is 3. The predicted molar refractivity (Wildman–Crippen MR) is 79.2 cm³/mol. The zero-order valence-corrected chi connectivity index (χ0v) is 11.8. The van der Waals surface area contributed by atoms with Crippen LogP contribution in [0.1, 0.15) is 37.7 Å². The lowest BCUT2D eigenvalue weighted by atomic mass is 9.81. The minimum Gasteiger partial charge on any atom is -0.352 e. The van der Waals surface area contributed by atoms with Crippen LogP contribution in [0.3, 0.4) is 0 Å². The Balaban J connectivity index is 1.69. The fourth-order valence-electron chi connectivity index (χ4n) is 3.85. The molecule has 2 aliphatic heterocycles. The van der Waals surface area contributed by atoms with Crippen LogP contribution in [0.4, 0.5) is 4.79 Å². The predicted octanol–water partition coefficient (Wildman–Crippen LogP) is 2.24. The van der Waals surface area contributed by atoms with Crippen molar-refractivity contribution in [1.82, 2.24) is 10.2 Å². The summed E-state index contributed by atoms with van der Waals surface area (Å²) in [4.78, 5) is 13.7. The molecule has 3 N–H and O–H groups in total. The summed E-state index contributed by atoms with van der Waals surface area (Å²) in [5.41, 5.74) is 6.65. The number of amides is 2. The van der Waals surface area contributed by atoms with E-state index in [1.54, 1.807) is 0 Å². The van der Waals surface area contributed by atoms with E-state index in [1.165, 1.54) is 24.8 Å². The van der Waals surface area contributed by atoms with Crippen LogP contribution in [-0.2, 0) is 6.54 Å². The number of nitrogens with two attached hydrogens (primary N) is 1. The number of benzene rings is 1. The lowest BCUT2D eigenvalue weighted by Gasteiger charge is -2.49. The van der Waals surface area contributed by atoms with E-state index in [0.29, 0.717) is 12.1 Å². The number of hydrogen-bond donors (Lipinski definition) is 2. The third-order valence-electron chi connectivity index (χ3n) is 4.68. The summed E-state index contributed by atoms with van der Waals surface area (Å²) >= 11 is 0. The van der Waals surface area contributed by atoms with Crippen molar-refractivity contribution in [2.24, 2.45) is 5.73 Å². The van der Waals surface area contributed by atoms with Gasteiger partial charge in [-0.25, -0.2) is 4.79 Å². The molecular formula is C16H23N3O. The zero-order valence-electron chi connectivity index (χ0n) is 11.8. The monoisotopic (exact) mass is 273 g/mol. The van der Waals surface area contributed by atoms with E-state index in [2.05, 4.69) is 40.5 Å². The fraction of sp³-hybridized carbons (Fsp3) is 0.562. The molecule has 1 aromatic rings. The minimum atomic E-state index is -0.385. The van der Waals surface area contributed by atoms with Gasteiger partial charge >= 0.3 is 6.03 Å². The van der Waals surface area contributed by atoms with Crippen molar-refractivity contribution in [1.29, 1.82) is 0 Å². The van der Waals surface area contributed by atoms with Crippen LogP contribution in [0.15, 0.2) is 30.3 Å². The fourth-order valence-corrected chi connectivity index (χ4v) is 3.85.